The van der Waals surface area contributed by atoms with Crippen molar-refractivity contribution >= 4 is 21.9 Å². The lowest BCUT2D eigenvalue weighted by Crippen LogP contribution is -2.41. The predicted octanol–water partition coefficient (Wildman–Crippen LogP) is 2.22. The van der Waals surface area contributed by atoms with E-state index >= 15 is 0 Å². The van der Waals surface area contributed by atoms with Gasteiger partial charge in [0.25, 0.3) is 0 Å². The summed E-state index contributed by atoms with van der Waals surface area (Å²) in [5.74, 6) is -0.424. The van der Waals surface area contributed by atoms with E-state index in [0.717, 1.165) is 4.61 Å². The Balaban J connectivity index is 2.29. The first-order chi connectivity index (χ1) is 9.33. The number of ether oxygens (including phenoxy) is 2. The predicted molar refractivity (Wildman–Crippen MR) is 79.6 cm³/mol. The van der Waals surface area contributed by atoms with E-state index in [2.05, 4.69) is 21.2 Å². The molecule has 0 radical (unpaired) electrons. The number of nitrogens with zero attached hydrogens (tertiary/aromatic N) is 1. The van der Waals surface area contributed by atoms with Crippen LogP contribution in [-0.2, 0) is 14.3 Å². The van der Waals surface area contributed by atoms with Gasteiger partial charge in [0.2, 0.25) is 0 Å². The fraction of sp³-hybridized carbons (Fsp3) is 0.500. The average Bonchev–Trinajstić information content (AvgIpc) is 2.72. The summed E-state index contributed by atoms with van der Waals surface area (Å²) in [6.07, 6.45) is 7.01. The van der Waals surface area contributed by atoms with Gasteiger partial charge in [0.15, 0.2) is 6.10 Å². The quantitative estimate of drug-likeness (QED) is 0.629. The summed E-state index contributed by atoms with van der Waals surface area (Å²) in [4.78, 5) is 14.0. The Morgan fingerprint density at radius 3 is 2.70 bits per heavy atom. The number of hydrogen-bond donors (Lipinski definition) is 1. The van der Waals surface area contributed by atoms with Crippen molar-refractivity contribution in [1.29, 1.82) is 0 Å². The molecule has 20 heavy (non-hydrogen) atoms. The lowest BCUT2D eigenvalue weighted by Gasteiger charge is -2.27. The molecular weight excluding hydrogens is 324 g/mol. The van der Waals surface area contributed by atoms with Gasteiger partial charge in [0.05, 0.1) is 18.4 Å². The molecular formula is C14H19BrN2O3. The van der Waals surface area contributed by atoms with E-state index in [4.69, 9.17) is 9.47 Å². The summed E-state index contributed by atoms with van der Waals surface area (Å²) in [5.41, 5.74) is 0.211. The van der Waals surface area contributed by atoms with E-state index in [0.29, 0.717) is 5.70 Å². The molecule has 2 heterocycles. The summed E-state index contributed by atoms with van der Waals surface area (Å²) >= 11 is 3.52. The highest BCUT2D eigenvalue weighted by atomic mass is 79.9. The number of hydrogen-bond acceptors (Lipinski definition) is 5. The topological polar surface area (TPSA) is 50.8 Å². The van der Waals surface area contributed by atoms with E-state index < -0.39 is 17.7 Å². The number of fused-ring (bicyclic) bond motifs is 1. The summed E-state index contributed by atoms with van der Waals surface area (Å²) in [6.45, 7) is 5.71. The Labute approximate surface area is 127 Å². The van der Waals surface area contributed by atoms with Crippen LogP contribution in [0.3, 0.4) is 0 Å². The molecule has 2 aliphatic heterocycles. The number of halogens is 1. The zero-order valence-electron chi connectivity index (χ0n) is 12.0. The van der Waals surface area contributed by atoms with Crippen LogP contribution in [0.25, 0.3) is 0 Å². The summed E-state index contributed by atoms with van der Waals surface area (Å²) in [6, 6.07) is 0. The number of methoxy groups -OCH3 is 1. The number of rotatable bonds is 3. The van der Waals surface area contributed by atoms with Crippen molar-refractivity contribution in [3.8, 4) is 0 Å². The molecule has 0 bridgehead atoms. The second-order valence-corrected chi connectivity index (χ2v) is 6.31. The molecule has 0 aliphatic carbocycles. The van der Waals surface area contributed by atoms with E-state index in [1.54, 1.807) is 0 Å². The number of carbonyl (C=O) groups is 1. The van der Waals surface area contributed by atoms with Gasteiger partial charge in [0.1, 0.15) is 10.8 Å². The van der Waals surface area contributed by atoms with Crippen LogP contribution in [0.2, 0.25) is 0 Å². The van der Waals surface area contributed by atoms with Crippen molar-refractivity contribution in [1.82, 2.24) is 10.2 Å². The van der Waals surface area contributed by atoms with Crippen molar-refractivity contribution in [2.45, 2.75) is 38.6 Å². The molecule has 0 saturated heterocycles. The lowest BCUT2D eigenvalue weighted by molar-refractivity contribution is -0.159. The molecule has 6 heteroatoms. The van der Waals surface area contributed by atoms with E-state index in [9.17, 15) is 4.79 Å². The fourth-order valence-corrected chi connectivity index (χ4v) is 2.69. The number of carbonyl (C=O) groups excluding carboxylic acids is 1. The maximum Gasteiger partial charge on any atom is 0.341 e. The monoisotopic (exact) mass is 342 g/mol. The van der Waals surface area contributed by atoms with Crippen molar-refractivity contribution in [3.05, 3.63) is 34.7 Å². The van der Waals surface area contributed by atoms with Gasteiger partial charge in [-0.05, 0) is 48.9 Å². The highest BCUT2D eigenvalue weighted by Gasteiger charge is 2.38. The van der Waals surface area contributed by atoms with Crippen molar-refractivity contribution in [2.24, 2.45) is 0 Å². The summed E-state index contributed by atoms with van der Waals surface area (Å²) in [7, 11) is 1.36. The molecule has 110 valence electrons. The highest BCUT2D eigenvalue weighted by Crippen LogP contribution is 2.32. The molecule has 0 amide bonds. The normalized spacial score (nSPS) is 22.6. The molecule has 1 N–H and O–H groups in total. The van der Waals surface area contributed by atoms with Crippen LogP contribution < -0.4 is 5.32 Å². The SMILES string of the molecule is COC(=O)C(OC(C)(C)C)C1=C(Br)N2C=CC=CC2N1. The first-order valence-corrected chi connectivity index (χ1v) is 7.18. The third kappa shape index (κ3) is 3.07. The molecule has 2 atom stereocenters. The van der Waals surface area contributed by atoms with Crippen molar-refractivity contribution < 1.29 is 14.3 Å². The van der Waals surface area contributed by atoms with Gasteiger partial charge >= 0.3 is 5.97 Å². The second-order valence-electron chi connectivity index (χ2n) is 5.56. The van der Waals surface area contributed by atoms with Crippen LogP contribution in [0.1, 0.15) is 20.8 Å². The smallest absolute Gasteiger partial charge is 0.341 e. The molecule has 0 spiro atoms. The third-order valence-corrected chi connectivity index (χ3v) is 3.69. The van der Waals surface area contributed by atoms with Crippen LogP contribution >= 0.6 is 15.9 Å². The minimum absolute atomic E-state index is 0.0138. The van der Waals surface area contributed by atoms with Crippen LogP contribution in [-0.4, -0.2) is 35.8 Å². The maximum atomic E-state index is 12.0. The minimum atomic E-state index is -0.790. The van der Waals surface area contributed by atoms with Gasteiger partial charge in [-0.3, -0.25) is 0 Å². The van der Waals surface area contributed by atoms with Crippen LogP contribution in [0.5, 0.6) is 0 Å². The largest absolute Gasteiger partial charge is 0.467 e. The van der Waals surface area contributed by atoms with Crippen LogP contribution in [0, 0.1) is 0 Å². The van der Waals surface area contributed by atoms with Crippen LogP contribution in [0.15, 0.2) is 34.7 Å². The molecule has 0 aromatic rings. The molecule has 0 fully saturated rings. The van der Waals surface area contributed by atoms with Gasteiger partial charge in [-0.25, -0.2) is 4.79 Å². The zero-order chi connectivity index (χ0) is 14.9. The first-order valence-electron chi connectivity index (χ1n) is 6.38. The Bertz CT molecular complexity index is 491. The number of nitrogens with one attached hydrogen (secondary N) is 1. The molecule has 2 aliphatic rings. The Hall–Kier alpha value is -1.27. The second kappa shape index (κ2) is 5.61. The number of allylic oxidation sites excluding steroid dienone is 2. The van der Waals surface area contributed by atoms with E-state index in [1.807, 2.05) is 50.1 Å². The Morgan fingerprint density at radius 1 is 1.45 bits per heavy atom. The summed E-state index contributed by atoms with van der Waals surface area (Å²) < 4.78 is 11.5. The Morgan fingerprint density at radius 2 is 2.15 bits per heavy atom. The maximum absolute atomic E-state index is 12.0. The molecule has 0 aromatic carbocycles. The first kappa shape index (κ1) is 15.1. The minimum Gasteiger partial charge on any atom is -0.467 e. The van der Waals surface area contributed by atoms with E-state index in [1.165, 1.54) is 7.11 Å². The Kier molecular flexibility index (Phi) is 4.25. The molecule has 0 aromatic heterocycles. The standard InChI is InChI=1S/C14H19BrN2O3/c1-14(2,3)20-11(13(18)19-4)10-12(15)17-8-6-5-7-9(17)16-10/h5-9,11,16H,1-4H3. The average molecular weight is 343 g/mol. The third-order valence-electron chi connectivity index (χ3n) is 2.85. The highest BCUT2D eigenvalue weighted by molar-refractivity contribution is 9.11. The molecule has 2 unspecified atom stereocenters. The molecule has 2 rings (SSSR count). The van der Waals surface area contributed by atoms with E-state index in [-0.39, 0.29) is 6.17 Å². The number of esters is 1. The molecule has 0 saturated carbocycles. The van der Waals surface area contributed by atoms with Gasteiger partial charge in [-0.1, -0.05) is 6.08 Å². The molecule has 5 nitrogen and oxygen atoms in total. The van der Waals surface area contributed by atoms with Gasteiger partial charge in [-0.15, -0.1) is 0 Å². The van der Waals surface area contributed by atoms with Crippen molar-refractivity contribution in [2.75, 3.05) is 7.11 Å². The summed E-state index contributed by atoms with van der Waals surface area (Å²) in [5, 5.41) is 3.28. The zero-order valence-corrected chi connectivity index (χ0v) is 13.6. The fourth-order valence-electron chi connectivity index (χ4n) is 2.03. The van der Waals surface area contributed by atoms with Gasteiger partial charge in [-0.2, -0.15) is 0 Å². The van der Waals surface area contributed by atoms with Gasteiger partial charge in [0, 0.05) is 6.20 Å². The van der Waals surface area contributed by atoms with Gasteiger partial charge < -0.3 is 19.7 Å². The lowest BCUT2D eigenvalue weighted by atomic mass is 10.1. The van der Waals surface area contributed by atoms with Crippen molar-refractivity contribution in [3.63, 3.8) is 0 Å². The van der Waals surface area contributed by atoms with Crippen LogP contribution in [0.4, 0.5) is 0 Å².